The van der Waals surface area contributed by atoms with E-state index in [0.29, 0.717) is 44.0 Å². The first-order valence-electron chi connectivity index (χ1n) is 11.2. The van der Waals surface area contributed by atoms with Crippen LogP contribution >= 0.6 is 0 Å². The molecule has 0 unspecified atom stereocenters. The summed E-state index contributed by atoms with van der Waals surface area (Å²) in [6, 6.07) is 16.3. The molecule has 1 aromatic heterocycles. The van der Waals surface area contributed by atoms with Crippen molar-refractivity contribution in [3.63, 3.8) is 0 Å². The SMILES string of the molecule is CCS(=O)(=O)N1CCN(C(=O)c2cn(Cc3ccc(C)cc3)nc2-c2ccc(C)cc2)CC1. The maximum Gasteiger partial charge on any atom is 0.257 e. The number of nitrogens with zero attached hydrogens (tertiary/aromatic N) is 4. The summed E-state index contributed by atoms with van der Waals surface area (Å²) in [5.41, 5.74) is 5.52. The number of aryl methyl sites for hydroxylation is 2. The molecule has 0 radical (unpaired) electrons. The number of hydrogen-bond donors (Lipinski definition) is 0. The Morgan fingerprint density at radius 3 is 2.06 bits per heavy atom. The van der Waals surface area contributed by atoms with Gasteiger partial charge in [-0.15, -0.1) is 0 Å². The van der Waals surface area contributed by atoms with Crippen molar-refractivity contribution < 1.29 is 13.2 Å². The Morgan fingerprint density at radius 1 is 0.909 bits per heavy atom. The van der Waals surface area contributed by atoms with Gasteiger partial charge in [0.1, 0.15) is 5.69 Å². The molecule has 1 fully saturated rings. The number of carbonyl (C=O) groups excluding carboxylic acids is 1. The number of carbonyl (C=O) groups is 1. The van der Waals surface area contributed by atoms with Crippen molar-refractivity contribution >= 4 is 15.9 Å². The average Bonchev–Trinajstić information content (AvgIpc) is 3.24. The smallest absolute Gasteiger partial charge is 0.257 e. The second-order valence-electron chi connectivity index (χ2n) is 8.53. The molecule has 2 aromatic carbocycles. The van der Waals surface area contributed by atoms with E-state index in [4.69, 9.17) is 5.10 Å². The minimum absolute atomic E-state index is 0.0737. The van der Waals surface area contributed by atoms with Gasteiger partial charge in [-0.1, -0.05) is 59.7 Å². The van der Waals surface area contributed by atoms with Crippen LogP contribution in [0.25, 0.3) is 11.3 Å². The van der Waals surface area contributed by atoms with Crippen LogP contribution in [0.15, 0.2) is 54.7 Å². The number of sulfonamides is 1. The molecular weight excluding hydrogens is 436 g/mol. The van der Waals surface area contributed by atoms with Crippen LogP contribution in [-0.4, -0.2) is 65.2 Å². The number of hydrogen-bond acceptors (Lipinski definition) is 4. The highest BCUT2D eigenvalue weighted by Gasteiger charge is 2.30. The van der Waals surface area contributed by atoms with Crippen molar-refractivity contribution in [1.82, 2.24) is 19.0 Å². The van der Waals surface area contributed by atoms with Crippen molar-refractivity contribution in [2.75, 3.05) is 31.9 Å². The van der Waals surface area contributed by atoms with Crippen LogP contribution in [0.2, 0.25) is 0 Å². The summed E-state index contributed by atoms with van der Waals surface area (Å²) in [6.07, 6.45) is 1.81. The Balaban J connectivity index is 1.61. The van der Waals surface area contributed by atoms with Gasteiger partial charge in [0.05, 0.1) is 17.9 Å². The van der Waals surface area contributed by atoms with E-state index in [1.54, 1.807) is 11.8 Å². The minimum atomic E-state index is -3.24. The van der Waals surface area contributed by atoms with E-state index in [-0.39, 0.29) is 11.7 Å². The Hall–Kier alpha value is -2.97. The van der Waals surface area contributed by atoms with Crippen LogP contribution in [0, 0.1) is 13.8 Å². The second kappa shape index (κ2) is 9.49. The van der Waals surface area contributed by atoms with Gasteiger partial charge in [0.25, 0.3) is 5.91 Å². The lowest BCUT2D eigenvalue weighted by molar-refractivity contribution is 0.0698. The summed E-state index contributed by atoms with van der Waals surface area (Å²) >= 11 is 0. The highest BCUT2D eigenvalue weighted by atomic mass is 32.2. The van der Waals surface area contributed by atoms with E-state index in [9.17, 15) is 13.2 Å². The van der Waals surface area contributed by atoms with Crippen LogP contribution in [0.1, 0.15) is 34.0 Å². The predicted octanol–water partition coefficient (Wildman–Crippen LogP) is 3.32. The molecule has 0 N–H and O–H groups in total. The summed E-state index contributed by atoms with van der Waals surface area (Å²) in [5.74, 6) is -0.0427. The topological polar surface area (TPSA) is 75.5 Å². The van der Waals surface area contributed by atoms with Crippen molar-refractivity contribution in [2.24, 2.45) is 0 Å². The fourth-order valence-electron chi connectivity index (χ4n) is 3.99. The summed E-state index contributed by atoms with van der Waals surface area (Å²) in [7, 11) is -3.24. The van der Waals surface area contributed by atoms with Crippen LogP contribution in [0.4, 0.5) is 0 Å². The fraction of sp³-hybridized carbons (Fsp3) is 0.360. The van der Waals surface area contributed by atoms with E-state index >= 15 is 0 Å². The molecule has 3 aromatic rings. The first kappa shape index (κ1) is 23.2. The van der Waals surface area contributed by atoms with Gasteiger partial charge >= 0.3 is 0 Å². The van der Waals surface area contributed by atoms with Crippen molar-refractivity contribution in [2.45, 2.75) is 27.3 Å². The van der Waals surface area contributed by atoms with E-state index in [1.165, 1.54) is 9.87 Å². The normalized spacial score (nSPS) is 15.1. The van der Waals surface area contributed by atoms with Crippen LogP contribution in [0.5, 0.6) is 0 Å². The van der Waals surface area contributed by atoms with Crippen LogP contribution < -0.4 is 0 Å². The van der Waals surface area contributed by atoms with Gasteiger partial charge < -0.3 is 4.90 Å². The first-order chi connectivity index (χ1) is 15.8. The molecular formula is C25H30N4O3S. The van der Waals surface area contributed by atoms with Gasteiger partial charge in [-0.2, -0.15) is 9.40 Å². The lowest BCUT2D eigenvalue weighted by Crippen LogP contribution is -2.50. The molecule has 33 heavy (non-hydrogen) atoms. The zero-order chi connectivity index (χ0) is 23.6. The Bertz CT molecular complexity index is 1220. The molecule has 0 aliphatic carbocycles. The molecule has 174 valence electrons. The van der Waals surface area contributed by atoms with E-state index in [0.717, 1.165) is 16.7 Å². The molecule has 0 atom stereocenters. The molecule has 0 bridgehead atoms. The molecule has 8 heteroatoms. The third-order valence-electron chi connectivity index (χ3n) is 6.07. The molecule has 7 nitrogen and oxygen atoms in total. The molecule has 4 rings (SSSR count). The van der Waals surface area contributed by atoms with Gasteiger partial charge in [-0.25, -0.2) is 8.42 Å². The highest BCUT2D eigenvalue weighted by Crippen LogP contribution is 2.25. The summed E-state index contributed by atoms with van der Waals surface area (Å²) < 4.78 is 27.6. The minimum Gasteiger partial charge on any atom is -0.336 e. The van der Waals surface area contributed by atoms with Crippen molar-refractivity contribution in [1.29, 1.82) is 0 Å². The lowest BCUT2D eigenvalue weighted by Gasteiger charge is -2.33. The largest absolute Gasteiger partial charge is 0.336 e. The molecule has 1 amide bonds. The third kappa shape index (κ3) is 5.17. The molecule has 1 aliphatic rings. The van der Waals surface area contributed by atoms with Crippen LogP contribution in [0.3, 0.4) is 0 Å². The van der Waals surface area contributed by atoms with Gasteiger partial charge in [0.15, 0.2) is 0 Å². The average molecular weight is 467 g/mol. The Kier molecular flexibility index (Phi) is 6.67. The lowest BCUT2D eigenvalue weighted by atomic mass is 10.1. The first-order valence-corrected chi connectivity index (χ1v) is 12.8. The zero-order valence-electron chi connectivity index (χ0n) is 19.4. The van der Waals surface area contributed by atoms with Crippen molar-refractivity contribution in [3.8, 4) is 11.3 Å². The van der Waals surface area contributed by atoms with Gasteiger partial charge in [-0.05, 0) is 26.3 Å². The monoisotopic (exact) mass is 466 g/mol. The number of amides is 1. The summed E-state index contributed by atoms with van der Waals surface area (Å²) in [6.45, 7) is 7.66. The summed E-state index contributed by atoms with van der Waals surface area (Å²) in [4.78, 5) is 15.2. The quantitative estimate of drug-likeness (QED) is 0.559. The number of aromatic nitrogens is 2. The Labute approximate surface area is 195 Å². The standard InChI is InChI=1S/C25H30N4O3S/c1-4-33(31,32)29-15-13-27(14-16-29)25(30)23-18-28(17-21-9-5-19(2)6-10-21)26-24(23)22-11-7-20(3)8-12-22/h5-12,18H,4,13-17H2,1-3H3. The van der Waals surface area contributed by atoms with E-state index in [1.807, 2.05) is 42.1 Å². The van der Waals surface area contributed by atoms with Crippen LogP contribution in [-0.2, 0) is 16.6 Å². The summed E-state index contributed by atoms with van der Waals surface area (Å²) in [5, 5.41) is 4.77. The number of rotatable bonds is 6. The third-order valence-corrected chi connectivity index (χ3v) is 7.95. The van der Waals surface area contributed by atoms with Gasteiger partial charge in [-0.3, -0.25) is 9.48 Å². The Morgan fingerprint density at radius 2 is 1.48 bits per heavy atom. The molecule has 1 saturated heterocycles. The van der Waals surface area contributed by atoms with E-state index in [2.05, 4.69) is 31.2 Å². The maximum absolute atomic E-state index is 13.5. The van der Waals surface area contributed by atoms with Gasteiger partial charge in [0.2, 0.25) is 10.0 Å². The molecule has 0 saturated carbocycles. The maximum atomic E-state index is 13.5. The van der Waals surface area contributed by atoms with Crippen molar-refractivity contribution in [3.05, 3.63) is 77.0 Å². The van der Waals surface area contributed by atoms with E-state index < -0.39 is 10.0 Å². The number of piperazine rings is 1. The highest BCUT2D eigenvalue weighted by molar-refractivity contribution is 7.89. The fourth-order valence-corrected chi connectivity index (χ4v) is 5.07. The predicted molar refractivity (Wildman–Crippen MR) is 130 cm³/mol. The zero-order valence-corrected chi connectivity index (χ0v) is 20.2. The molecule has 0 spiro atoms. The second-order valence-corrected chi connectivity index (χ2v) is 10.8. The molecule has 2 heterocycles. The molecule has 1 aliphatic heterocycles. The van der Waals surface area contributed by atoms with Gasteiger partial charge in [0, 0.05) is 37.9 Å². The number of benzene rings is 2.